The normalized spacial score (nSPS) is 11.5. The van der Waals surface area contributed by atoms with Crippen LogP contribution in [0.25, 0.3) is 0 Å². The molecule has 1 rings (SSSR count). The van der Waals surface area contributed by atoms with Gasteiger partial charge in [0.2, 0.25) is 0 Å². The van der Waals surface area contributed by atoms with Gasteiger partial charge in [-0.15, -0.1) is 0 Å². The van der Waals surface area contributed by atoms with Crippen LogP contribution in [0.4, 0.5) is 0 Å². The van der Waals surface area contributed by atoms with Crippen molar-refractivity contribution >= 4 is 50.6 Å². The van der Waals surface area contributed by atoms with Crippen molar-refractivity contribution in [1.82, 2.24) is 0 Å². The summed E-state index contributed by atoms with van der Waals surface area (Å²) in [7, 11) is -2.98. The highest BCUT2D eigenvalue weighted by atomic mass is 35.5. The van der Waals surface area contributed by atoms with Gasteiger partial charge in [0.15, 0.2) is 5.78 Å². The Labute approximate surface area is 121 Å². The summed E-state index contributed by atoms with van der Waals surface area (Å²) in [6, 6.07) is 4.68. The molecule has 18 heavy (non-hydrogen) atoms. The Kier molecular flexibility index (Phi) is 5.98. The molecule has 0 aromatic heterocycles. The number of halogens is 2. The highest BCUT2D eigenvalue weighted by Crippen LogP contribution is 2.22. The Morgan fingerprint density at radius 2 is 2.00 bits per heavy atom. The van der Waals surface area contributed by atoms with Crippen LogP contribution in [0.3, 0.4) is 0 Å². The number of carbonyl (C=O) groups excluding carboxylic acids is 1. The number of carbonyl (C=O) groups is 1. The average Bonchev–Trinajstić information content (AvgIpc) is 2.22. The van der Waals surface area contributed by atoms with Crippen molar-refractivity contribution in [1.29, 1.82) is 0 Å². The van der Waals surface area contributed by atoms with E-state index in [0.29, 0.717) is 21.4 Å². The predicted octanol–water partition coefficient (Wildman–Crippen LogP) is 2.95. The van der Waals surface area contributed by atoms with Crippen molar-refractivity contribution in [3.05, 3.63) is 33.8 Å². The van der Waals surface area contributed by atoms with E-state index in [0.717, 1.165) is 0 Å². The largest absolute Gasteiger partial charge is 0.293 e. The zero-order chi connectivity index (χ0) is 13.8. The molecule has 1 aromatic carbocycles. The summed E-state index contributed by atoms with van der Waals surface area (Å²) in [5, 5.41) is 0.789. The fraction of sp³-hybridized carbons (Fsp3) is 0.364. The van der Waals surface area contributed by atoms with Crippen LogP contribution in [-0.2, 0) is 9.84 Å². The van der Waals surface area contributed by atoms with Crippen LogP contribution in [0.1, 0.15) is 10.4 Å². The van der Waals surface area contributed by atoms with Crippen LogP contribution in [0, 0.1) is 0 Å². The third-order valence-corrected chi connectivity index (χ3v) is 4.77. The number of thioether (sulfide) groups is 1. The molecule has 0 unspecified atom stereocenters. The Hall–Kier alpha value is -0.230. The molecule has 0 heterocycles. The lowest BCUT2D eigenvalue weighted by atomic mass is 10.1. The van der Waals surface area contributed by atoms with E-state index in [1.54, 1.807) is 12.1 Å². The molecule has 0 aliphatic carbocycles. The zero-order valence-corrected chi connectivity index (χ0v) is 12.8. The lowest BCUT2D eigenvalue weighted by molar-refractivity contribution is 0.102. The summed E-state index contributed by atoms with van der Waals surface area (Å²) < 4.78 is 21.8. The molecule has 100 valence electrons. The van der Waals surface area contributed by atoms with E-state index in [1.807, 2.05) is 0 Å². The minimum absolute atomic E-state index is 0.0687. The smallest absolute Gasteiger partial charge is 0.174 e. The maximum absolute atomic E-state index is 11.8. The Morgan fingerprint density at radius 3 is 2.56 bits per heavy atom. The fourth-order valence-corrected chi connectivity index (χ4v) is 3.85. The monoisotopic (exact) mass is 326 g/mol. The maximum atomic E-state index is 11.8. The highest BCUT2D eigenvalue weighted by molar-refractivity contribution is 8.01. The lowest BCUT2D eigenvalue weighted by Gasteiger charge is -2.04. The summed E-state index contributed by atoms with van der Waals surface area (Å²) in [4.78, 5) is 11.8. The van der Waals surface area contributed by atoms with Gasteiger partial charge in [-0.3, -0.25) is 4.79 Å². The van der Waals surface area contributed by atoms with Gasteiger partial charge < -0.3 is 0 Å². The van der Waals surface area contributed by atoms with Crippen LogP contribution < -0.4 is 0 Å². The second kappa shape index (κ2) is 6.80. The standard InChI is InChI=1S/C11H12Cl2O3S2/c1-18(15,16)5-4-17-7-11(14)9-3-2-8(12)6-10(9)13/h2-3,6H,4-5,7H2,1H3. The van der Waals surface area contributed by atoms with Crippen LogP contribution >= 0.6 is 35.0 Å². The first-order valence-electron chi connectivity index (χ1n) is 5.03. The van der Waals surface area contributed by atoms with E-state index in [4.69, 9.17) is 23.2 Å². The van der Waals surface area contributed by atoms with Gasteiger partial charge >= 0.3 is 0 Å². The zero-order valence-electron chi connectivity index (χ0n) is 9.65. The second-order valence-corrected chi connectivity index (χ2v) is 7.94. The Morgan fingerprint density at radius 1 is 1.33 bits per heavy atom. The number of ketones is 1. The summed E-state index contributed by atoms with van der Waals surface area (Å²) in [5.74, 6) is 0.543. The molecular weight excluding hydrogens is 315 g/mol. The van der Waals surface area contributed by atoms with Crippen LogP contribution in [0.2, 0.25) is 10.0 Å². The first-order valence-corrected chi connectivity index (χ1v) is 9.00. The van der Waals surface area contributed by atoms with E-state index in [1.165, 1.54) is 24.1 Å². The number of hydrogen-bond acceptors (Lipinski definition) is 4. The van der Waals surface area contributed by atoms with Crippen molar-refractivity contribution in [2.45, 2.75) is 0 Å². The van der Waals surface area contributed by atoms with Gasteiger partial charge in [0.1, 0.15) is 9.84 Å². The molecule has 7 heteroatoms. The molecule has 0 atom stereocenters. The number of Topliss-reactive ketones (excluding diaryl/α,β-unsaturated/α-hetero) is 1. The van der Waals surface area contributed by atoms with Gasteiger partial charge in [-0.25, -0.2) is 8.42 Å². The first kappa shape index (κ1) is 15.8. The molecule has 0 radical (unpaired) electrons. The summed E-state index contributed by atoms with van der Waals surface area (Å²) in [5.41, 5.74) is 0.410. The molecule has 0 N–H and O–H groups in total. The molecule has 0 aliphatic heterocycles. The number of rotatable bonds is 6. The van der Waals surface area contributed by atoms with Gasteiger partial charge in [0, 0.05) is 22.6 Å². The SMILES string of the molecule is CS(=O)(=O)CCSCC(=O)c1ccc(Cl)cc1Cl. The van der Waals surface area contributed by atoms with Crippen molar-refractivity contribution < 1.29 is 13.2 Å². The maximum Gasteiger partial charge on any atom is 0.174 e. The van der Waals surface area contributed by atoms with Crippen molar-refractivity contribution in [2.75, 3.05) is 23.5 Å². The molecule has 1 aromatic rings. The summed E-state index contributed by atoms with van der Waals surface area (Å²) in [6.07, 6.45) is 1.17. The fourth-order valence-electron chi connectivity index (χ4n) is 1.17. The van der Waals surface area contributed by atoms with Crippen molar-refractivity contribution in [2.24, 2.45) is 0 Å². The van der Waals surface area contributed by atoms with E-state index >= 15 is 0 Å². The second-order valence-electron chi connectivity index (χ2n) is 3.73. The van der Waals surface area contributed by atoms with E-state index < -0.39 is 9.84 Å². The van der Waals surface area contributed by atoms with Gasteiger partial charge in [-0.1, -0.05) is 23.2 Å². The predicted molar refractivity (Wildman–Crippen MR) is 77.8 cm³/mol. The highest BCUT2D eigenvalue weighted by Gasteiger charge is 2.11. The van der Waals surface area contributed by atoms with Gasteiger partial charge in [0.05, 0.1) is 16.5 Å². The van der Waals surface area contributed by atoms with Gasteiger partial charge in [0.25, 0.3) is 0 Å². The molecule has 0 aliphatic rings. The molecule has 0 saturated heterocycles. The minimum atomic E-state index is -2.98. The van der Waals surface area contributed by atoms with Crippen LogP contribution in [0.15, 0.2) is 18.2 Å². The van der Waals surface area contributed by atoms with Crippen LogP contribution in [-0.4, -0.2) is 37.7 Å². The molecule has 0 saturated carbocycles. The number of benzene rings is 1. The van der Waals surface area contributed by atoms with Gasteiger partial charge in [-0.05, 0) is 18.2 Å². The van der Waals surface area contributed by atoms with Crippen molar-refractivity contribution in [3.63, 3.8) is 0 Å². The number of sulfone groups is 1. The third-order valence-electron chi connectivity index (χ3n) is 2.06. The average molecular weight is 327 g/mol. The van der Waals surface area contributed by atoms with Gasteiger partial charge in [-0.2, -0.15) is 11.8 Å². The topological polar surface area (TPSA) is 51.2 Å². The molecule has 0 bridgehead atoms. The third kappa shape index (κ3) is 5.61. The van der Waals surface area contributed by atoms with E-state index in [9.17, 15) is 13.2 Å². The molecule has 3 nitrogen and oxygen atoms in total. The van der Waals surface area contributed by atoms with Crippen molar-refractivity contribution in [3.8, 4) is 0 Å². The molecule has 0 amide bonds. The van der Waals surface area contributed by atoms with E-state index in [2.05, 4.69) is 0 Å². The summed E-state index contributed by atoms with van der Waals surface area (Å²) >= 11 is 12.9. The molecule has 0 fully saturated rings. The Bertz CT molecular complexity index is 541. The first-order chi connectivity index (χ1) is 8.29. The number of hydrogen-bond donors (Lipinski definition) is 0. The minimum Gasteiger partial charge on any atom is -0.293 e. The van der Waals surface area contributed by atoms with Crippen LogP contribution in [0.5, 0.6) is 0 Å². The Balaban J connectivity index is 2.51. The molecular formula is C11H12Cl2O3S2. The van der Waals surface area contributed by atoms with E-state index in [-0.39, 0.29) is 17.3 Å². The summed E-state index contributed by atoms with van der Waals surface area (Å²) in [6.45, 7) is 0. The quantitative estimate of drug-likeness (QED) is 0.595. The lowest BCUT2D eigenvalue weighted by Crippen LogP contribution is -2.08. The molecule has 0 spiro atoms.